The van der Waals surface area contributed by atoms with Gasteiger partial charge in [0.25, 0.3) is 5.88 Å². The summed E-state index contributed by atoms with van der Waals surface area (Å²) in [5, 5.41) is 4.19. The third-order valence-electron chi connectivity index (χ3n) is 2.42. The standard InChI is InChI=1S/C11H11BrFN3O/c1-6-10(7(2)16(3)15-6)17-11-9(13)4-8(12)5-14-11/h4-5H,1-3H3. The Morgan fingerprint density at radius 3 is 2.65 bits per heavy atom. The van der Waals surface area contributed by atoms with Crippen molar-refractivity contribution in [3.63, 3.8) is 0 Å². The van der Waals surface area contributed by atoms with Gasteiger partial charge in [-0.05, 0) is 35.8 Å². The van der Waals surface area contributed by atoms with Gasteiger partial charge in [-0.3, -0.25) is 4.68 Å². The maximum absolute atomic E-state index is 13.6. The number of aryl methyl sites for hydroxylation is 2. The van der Waals surface area contributed by atoms with E-state index in [4.69, 9.17) is 4.74 Å². The second-order valence-electron chi connectivity index (χ2n) is 3.67. The molecule has 17 heavy (non-hydrogen) atoms. The molecule has 0 N–H and O–H groups in total. The normalized spacial score (nSPS) is 10.6. The van der Waals surface area contributed by atoms with Crippen molar-refractivity contribution in [2.24, 2.45) is 7.05 Å². The molecule has 0 spiro atoms. The zero-order valence-electron chi connectivity index (χ0n) is 9.66. The molecule has 0 aliphatic carbocycles. The molecule has 0 saturated carbocycles. The lowest BCUT2D eigenvalue weighted by Crippen LogP contribution is -1.95. The molecule has 0 aromatic carbocycles. The number of ether oxygens (including phenoxy) is 1. The molecule has 0 bridgehead atoms. The summed E-state index contributed by atoms with van der Waals surface area (Å²) in [6.07, 6.45) is 1.49. The summed E-state index contributed by atoms with van der Waals surface area (Å²) in [5.41, 5.74) is 1.53. The highest BCUT2D eigenvalue weighted by molar-refractivity contribution is 9.10. The average molecular weight is 300 g/mol. The molecule has 0 radical (unpaired) electrons. The lowest BCUT2D eigenvalue weighted by atomic mass is 10.3. The van der Waals surface area contributed by atoms with Crippen molar-refractivity contribution in [1.29, 1.82) is 0 Å². The van der Waals surface area contributed by atoms with Crippen LogP contribution in [0, 0.1) is 19.7 Å². The van der Waals surface area contributed by atoms with Crippen LogP contribution < -0.4 is 4.74 Å². The van der Waals surface area contributed by atoms with E-state index in [0.717, 1.165) is 5.69 Å². The van der Waals surface area contributed by atoms with E-state index < -0.39 is 5.82 Å². The summed E-state index contributed by atoms with van der Waals surface area (Å²) in [5.74, 6) is -0.0179. The van der Waals surface area contributed by atoms with E-state index in [2.05, 4.69) is 26.0 Å². The fourth-order valence-corrected chi connectivity index (χ4v) is 1.78. The highest BCUT2D eigenvalue weighted by atomic mass is 79.9. The number of pyridine rings is 1. The summed E-state index contributed by atoms with van der Waals surface area (Å²) in [4.78, 5) is 3.88. The molecule has 0 aliphatic rings. The molecule has 0 aliphatic heterocycles. The molecule has 0 unspecified atom stereocenters. The van der Waals surface area contributed by atoms with Crippen molar-refractivity contribution in [2.45, 2.75) is 13.8 Å². The van der Waals surface area contributed by atoms with Crippen LogP contribution in [0.5, 0.6) is 11.6 Å². The molecule has 0 fully saturated rings. The SMILES string of the molecule is Cc1nn(C)c(C)c1Oc1ncc(Br)cc1F. The van der Waals surface area contributed by atoms with Crippen LogP contribution in [0.4, 0.5) is 4.39 Å². The number of aromatic nitrogens is 3. The van der Waals surface area contributed by atoms with Gasteiger partial charge < -0.3 is 4.74 Å². The van der Waals surface area contributed by atoms with Gasteiger partial charge in [0.1, 0.15) is 5.69 Å². The van der Waals surface area contributed by atoms with Crippen LogP contribution in [-0.2, 0) is 7.05 Å². The van der Waals surface area contributed by atoms with Crippen LogP contribution in [0.15, 0.2) is 16.7 Å². The maximum Gasteiger partial charge on any atom is 0.256 e. The molecule has 6 heteroatoms. The third kappa shape index (κ3) is 2.31. The molecule has 0 atom stereocenters. The number of hydrogen-bond acceptors (Lipinski definition) is 3. The molecule has 2 rings (SSSR count). The fraction of sp³-hybridized carbons (Fsp3) is 0.273. The summed E-state index contributed by atoms with van der Waals surface area (Å²) < 4.78 is 21.3. The van der Waals surface area contributed by atoms with Crippen molar-refractivity contribution in [2.75, 3.05) is 0 Å². The lowest BCUT2D eigenvalue weighted by Gasteiger charge is -2.05. The average Bonchev–Trinajstić information content (AvgIpc) is 2.48. The minimum atomic E-state index is -0.512. The van der Waals surface area contributed by atoms with E-state index in [1.807, 2.05) is 6.92 Å². The Bertz CT molecular complexity index is 568. The molecule has 90 valence electrons. The first-order chi connectivity index (χ1) is 7.99. The molecular weight excluding hydrogens is 289 g/mol. The van der Waals surface area contributed by atoms with Gasteiger partial charge in [0, 0.05) is 17.7 Å². The van der Waals surface area contributed by atoms with Crippen molar-refractivity contribution < 1.29 is 9.13 Å². The molecule has 0 amide bonds. The maximum atomic E-state index is 13.6. The van der Waals surface area contributed by atoms with Crippen LogP contribution in [0.3, 0.4) is 0 Å². The minimum Gasteiger partial charge on any atom is -0.433 e. The van der Waals surface area contributed by atoms with Gasteiger partial charge in [-0.25, -0.2) is 9.37 Å². The summed E-state index contributed by atoms with van der Waals surface area (Å²) in [6.45, 7) is 3.66. The first-order valence-corrected chi connectivity index (χ1v) is 5.77. The summed E-state index contributed by atoms with van der Waals surface area (Å²) in [7, 11) is 1.81. The van der Waals surface area contributed by atoms with Crippen LogP contribution in [-0.4, -0.2) is 14.8 Å². The minimum absolute atomic E-state index is 0.0487. The Morgan fingerprint density at radius 2 is 2.12 bits per heavy atom. The smallest absolute Gasteiger partial charge is 0.256 e. The number of rotatable bonds is 2. The molecule has 2 heterocycles. The van der Waals surface area contributed by atoms with Gasteiger partial charge in [-0.1, -0.05) is 0 Å². The predicted molar refractivity (Wildman–Crippen MR) is 64.7 cm³/mol. The second kappa shape index (κ2) is 4.44. The Hall–Kier alpha value is -1.43. The number of nitrogens with zero attached hydrogens (tertiary/aromatic N) is 3. The predicted octanol–water partition coefficient (Wildman–Crippen LogP) is 3.13. The van der Waals surface area contributed by atoms with Gasteiger partial charge in [0.05, 0.1) is 5.69 Å². The van der Waals surface area contributed by atoms with E-state index in [9.17, 15) is 4.39 Å². The molecule has 0 saturated heterocycles. The first kappa shape index (κ1) is 12.0. The summed E-state index contributed by atoms with van der Waals surface area (Å²) >= 11 is 3.14. The van der Waals surface area contributed by atoms with Gasteiger partial charge >= 0.3 is 0 Å². The highest BCUT2D eigenvalue weighted by Crippen LogP contribution is 2.29. The molecule has 4 nitrogen and oxygen atoms in total. The van der Waals surface area contributed by atoms with E-state index in [1.165, 1.54) is 12.3 Å². The van der Waals surface area contributed by atoms with Crippen LogP contribution in [0.2, 0.25) is 0 Å². The molecule has 2 aromatic rings. The Kier molecular flexibility index (Phi) is 3.15. The lowest BCUT2D eigenvalue weighted by molar-refractivity contribution is 0.416. The Balaban J connectivity index is 2.38. The molecular formula is C11H11BrFN3O. The Labute approximate surface area is 107 Å². The quantitative estimate of drug-likeness (QED) is 0.855. The van der Waals surface area contributed by atoms with Gasteiger partial charge in [0.15, 0.2) is 11.6 Å². The van der Waals surface area contributed by atoms with Crippen LogP contribution in [0.25, 0.3) is 0 Å². The Morgan fingerprint density at radius 1 is 1.41 bits per heavy atom. The largest absolute Gasteiger partial charge is 0.433 e. The highest BCUT2D eigenvalue weighted by Gasteiger charge is 2.14. The van der Waals surface area contributed by atoms with E-state index in [-0.39, 0.29) is 5.88 Å². The van der Waals surface area contributed by atoms with Crippen molar-refractivity contribution in [1.82, 2.24) is 14.8 Å². The van der Waals surface area contributed by atoms with E-state index in [0.29, 0.717) is 15.9 Å². The molecule has 2 aromatic heterocycles. The van der Waals surface area contributed by atoms with Crippen molar-refractivity contribution in [3.8, 4) is 11.6 Å². The van der Waals surface area contributed by atoms with Crippen LogP contribution in [0.1, 0.15) is 11.4 Å². The number of halogens is 2. The van der Waals surface area contributed by atoms with E-state index >= 15 is 0 Å². The fourth-order valence-electron chi connectivity index (χ4n) is 1.48. The monoisotopic (exact) mass is 299 g/mol. The second-order valence-corrected chi connectivity index (χ2v) is 4.58. The summed E-state index contributed by atoms with van der Waals surface area (Å²) in [6, 6.07) is 1.31. The first-order valence-electron chi connectivity index (χ1n) is 4.98. The topological polar surface area (TPSA) is 39.9 Å². The van der Waals surface area contributed by atoms with Crippen LogP contribution >= 0.6 is 15.9 Å². The third-order valence-corrected chi connectivity index (χ3v) is 2.85. The van der Waals surface area contributed by atoms with Crippen molar-refractivity contribution >= 4 is 15.9 Å². The van der Waals surface area contributed by atoms with E-state index in [1.54, 1.807) is 18.7 Å². The van der Waals surface area contributed by atoms with Gasteiger partial charge in [-0.2, -0.15) is 5.10 Å². The van der Waals surface area contributed by atoms with Gasteiger partial charge in [0.2, 0.25) is 0 Å². The zero-order valence-corrected chi connectivity index (χ0v) is 11.2. The number of hydrogen-bond donors (Lipinski definition) is 0. The van der Waals surface area contributed by atoms with Gasteiger partial charge in [-0.15, -0.1) is 0 Å². The van der Waals surface area contributed by atoms with Crippen molar-refractivity contribution in [3.05, 3.63) is 33.9 Å². The zero-order chi connectivity index (χ0) is 12.6.